The van der Waals surface area contributed by atoms with Gasteiger partial charge in [0.05, 0.1) is 11.2 Å². The summed E-state index contributed by atoms with van der Waals surface area (Å²) in [6.07, 6.45) is 1.93. The maximum atomic E-state index is 4.69. The molecule has 3 heteroatoms. The molecule has 0 amide bonds. The Morgan fingerprint density at radius 3 is 2.35 bits per heavy atom. The highest BCUT2D eigenvalue weighted by atomic mass is 15.1. The Balaban J connectivity index is 1.72. The van der Waals surface area contributed by atoms with E-state index in [9.17, 15) is 0 Å². The fourth-order valence-electron chi connectivity index (χ4n) is 3.47. The van der Waals surface area contributed by atoms with Gasteiger partial charge in [-0.05, 0) is 42.8 Å². The van der Waals surface area contributed by atoms with Crippen molar-refractivity contribution in [2.24, 2.45) is 4.99 Å². The van der Waals surface area contributed by atoms with Crippen LogP contribution >= 0.6 is 0 Å². The van der Waals surface area contributed by atoms with Gasteiger partial charge in [0.15, 0.2) is 0 Å². The van der Waals surface area contributed by atoms with Crippen LogP contribution in [0.1, 0.15) is 12.5 Å². The topological polar surface area (TPSA) is 20.5 Å². The largest absolute Gasteiger partial charge is 0.378 e. The van der Waals surface area contributed by atoms with Crippen LogP contribution < -0.4 is 4.90 Å². The molecule has 0 aliphatic heterocycles. The number of fused-ring (bicyclic) bond motifs is 3. The monoisotopic (exact) mass is 341 g/mol. The summed E-state index contributed by atoms with van der Waals surface area (Å²) < 4.78 is 2.36. The van der Waals surface area contributed by atoms with E-state index in [1.54, 1.807) is 0 Å². The van der Waals surface area contributed by atoms with E-state index in [1.807, 2.05) is 20.3 Å². The van der Waals surface area contributed by atoms with Crippen molar-refractivity contribution in [1.29, 1.82) is 0 Å². The summed E-state index contributed by atoms with van der Waals surface area (Å²) in [7, 11) is 4.09. The SMILES string of the molecule is CCn1c2ccccc2c2ccc(N=Cc3ccc(N(C)C)cc3)cc21. The van der Waals surface area contributed by atoms with Crippen molar-refractivity contribution in [1.82, 2.24) is 4.57 Å². The number of aromatic nitrogens is 1. The Labute approximate surface area is 154 Å². The van der Waals surface area contributed by atoms with Crippen LogP contribution in [0.15, 0.2) is 71.7 Å². The van der Waals surface area contributed by atoms with Gasteiger partial charge in [0, 0.05) is 48.8 Å². The Kier molecular flexibility index (Phi) is 4.21. The molecule has 3 aromatic carbocycles. The Morgan fingerprint density at radius 1 is 0.885 bits per heavy atom. The first kappa shape index (κ1) is 16.4. The minimum atomic E-state index is 0.948. The number of benzene rings is 3. The molecule has 1 heterocycles. The molecule has 3 nitrogen and oxygen atoms in total. The highest BCUT2D eigenvalue weighted by Crippen LogP contribution is 2.31. The zero-order chi connectivity index (χ0) is 18.1. The number of rotatable bonds is 4. The highest BCUT2D eigenvalue weighted by Gasteiger charge is 2.09. The molecule has 0 radical (unpaired) electrons. The molecular formula is C23H23N3. The molecule has 1 aromatic heterocycles. The first-order valence-corrected chi connectivity index (χ1v) is 9.00. The minimum absolute atomic E-state index is 0.948. The molecule has 0 aliphatic rings. The summed E-state index contributed by atoms with van der Waals surface area (Å²) in [5.74, 6) is 0. The van der Waals surface area contributed by atoms with Crippen LogP contribution in [0, 0.1) is 0 Å². The average Bonchev–Trinajstić information content (AvgIpc) is 2.99. The number of hydrogen-bond donors (Lipinski definition) is 0. The molecule has 0 saturated carbocycles. The molecule has 0 unspecified atom stereocenters. The van der Waals surface area contributed by atoms with E-state index in [-0.39, 0.29) is 0 Å². The number of nitrogens with zero attached hydrogens (tertiary/aromatic N) is 3. The highest BCUT2D eigenvalue weighted by molar-refractivity contribution is 6.08. The second kappa shape index (κ2) is 6.68. The van der Waals surface area contributed by atoms with E-state index in [4.69, 9.17) is 4.99 Å². The lowest BCUT2D eigenvalue weighted by molar-refractivity contribution is 0.827. The molecule has 0 fully saturated rings. The summed E-state index contributed by atoms with van der Waals surface area (Å²) in [6.45, 7) is 3.14. The lowest BCUT2D eigenvalue weighted by Crippen LogP contribution is -2.08. The van der Waals surface area contributed by atoms with Gasteiger partial charge in [-0.15, -0.1) is 0 Å². The molecule has 0 atom stereocenters. The first-order chi connectivity index (χ1) is 12.7. The van der Waals surface area contributed by atoms with Gasteiger partial charge < -0.3 is 9.47 Å². The maximum absolute atomic E-state index is 4.69. The summed E-state index contributed by atoms with van der Waals surface area (Å²) in [5.41, 5.74) is 5.80. The fourth-order valence-corrected chi connectivity index (χ4v) is 3.47. The summed E-state index contributed by atoms with van der Waals surface area (Å²) in [5, 5.41) is 2.59. The number of aliphatic imine (C=N–C) groups is 1. The Bertz CT molecular complexity index is 1090. The molecule has 130 valence electrons. The van der Waals surface area contributed by atoms with Gasteiger partial charge in [-0.2, -0.15) is 0 Å². The molecule has 0 N–H and O–H groups in total. The van der Waals surface area contributed by atoms with Crippen molar-refractivity contribution in [2.75, 3.05) is 19.0 Å². The second-order valence-electron chi connectivity index (χ2n) is 6.71. The molecule has 0 saturated heterocycles. The van der Waals surface area contributed by atoms with Crippen molar-refractivity contribution >= 4 is 39.4 Å². The molecule has 0 bridgehead atoms. The van der Waals surface area contributed by atoms with Gasteiger partial charge >= 0.3 is 0 Å². The summed E-state index contributed by atoms with van der Waals surface area (Å²) >= 11 is 0. The van der Waals surface area contributed by atoms with Gasteiger partial charge in [0.25, 0.3) is 0 Å². The third kappa shape index (κ3) is 2.86. The predicted octanol–water partition coefficient (Wildman–Crippen LogP) is 5.63. The first-order valence-electron chi connectivity index (χ1n) is 9.00. The molecule has 0 spiro atoms. The fraction of sp³-hybridized carbons (Fsp3) is 0.174. The standard InChI is InChI=1S/C23H23N3/c1-4-26-22-8-6-5-7-20(22)21-14-11-18(15-23(21)26)24-16-17-9-12-19(13-10-17)25(2)3/h5-16H,4H2,1-3H3. The van der Waals surface area contributed by atoms with Crippen LogP contribution in [0.4, 0.5) is 11.4 Å². The molecule has 4 aromatic rings. The number of aryl methyl sites for hydroxylation is 1. The number of anilines is 1. The van der Waals surface area contributed by atoms with Crippen LogP contribution in [0.5, 0.6) is 0 Å². The van der Waals surface area contributed by atoms with E-state index in [2.05, 4.69) is 83.1 Å². The van der Waals surface area contributed by atoms with Crippen molar-refractivity contribution in [3.8, 4) is 0 Å². The zero-order valence-corrected chi connectivity index (χ0v) is 15.5. The molecule has 26 heavy (non-hydrogen) atoms. The van der Waals surface area contributed by atoms with Crippen molar-refractivity contribution in [3.05, 3.63) is 72.3 Å². The summed E-state index contributed by atoms with van der Waals surface area (Å²) in [4.78, 5) is 6.79. The van der Waals surface area contributed by atoms with Crippen LogP contribution in [0.3, 0.4) is 0 Å². The molecule has 4 rings (SSSR count). The van der Waals surface area contributed by atoms with E-state index in [0.717, 1.165) is 17.8 Å². The van der Waals surface area contributed by atoms with E-state index in [0.29, 0.717) is 0 Å². The van der Waals surface area contributed by atoms with Gasteiger partial charge in [-0.1, -0.05) is 36.4 Å². The van der Waals surface area contributed by atoms with Crippen LogP contribution in [0.2, 0.25) is 0 Å². The van der Waals surface area contributed by atoms with Gasteiger partial charge in [-0.3, -0.25) is 4.99 Å². The number of hydrogen-bond acceptors (Lipinski definition) is 2. The maximum Gasteiger partial charge on any atom is 0.0651 e. The third-order valence-corrected chi connectivity index (χ3v) is 4.85. The van der Waals surface area contributed by atoms with Crippen LogP contribution in [0.25, 0.3) is 21.8 Å². The average molecular weight is 341 g/mol. The van der Waals surface area contributed by atoms with Gasteiger partial charge in [0.1, 0.15) is 0 Å². The number of para-hydroxylation sites is 1. The molecule has 0 aliphatic carbocycles. The smallest absolute Gasteiger partial charge is 0.0651 e. The van der Waals surface area contributed by atoms with E-state index in [1.165, 1.54) is 27.5 Å². The quantitative estimate of drug-likeness (QED) is 0.441. The zero-order valence-electron chi connectivity index (χ0n) is 15.5. The second-order valence-corrected chi connectivity index (χ2v) is 6.71. The van der Waals surface area contributed by atoms with E-state index >= 15 is 0 Å². The van der Waals surface area contributed by atoms with Gasteiger partial charge in [-0.25, -0.2) is 0 Å². The Hall–Kier alpha value is -3.07. The lowest BCUT2D eigenvalue weighted by atomic mass is 10.1. The minimum Gasteiger partial charge on any atom is -0.378 e. The third-order valence-electron chi connectivity index (χ3n) is 4.85. The van der Waals surface area contributed by atoms with Crippen molar-refractivity contribution < 1.29 is 0 Å². The molecular weight excluding hydrogens is 318 g/mol. The summed E-state index contributed by atoms with van der Waals surface area (Å²) in [6, 6.07) is 23.5. The van der Waals surface area contributed by atoms with Crippen LogP contribution in [-0.4, -0.2) is 24.9 Å². The van der Waals surface area contributed by atoms with E-state index < -0.39 is 0 Å². The normalized spacial score (nSPS) is 11.7. The Morgan fingerprint density at radius 2 is 1.62 bits per heavy atom. The van der Waals surface area contributed by atoms with Crippen molar-refractivity contribution in [2.45, 2.75) is 13.5 Å². The lowest BCUT2D eigenvalue weighted by Gasteiger charge is -2.11. The van der Waals surface area contributed by atoms with Crippen molar-refractivity contribution in [3.63, 3.8) is 0 Å². The van der Waals surface area contributed by atoms with Gasteiger partial charge in [0.2, 0.25) is 0 Å². The van der Waals surface area contributed by atoms with Crippen LogP contribution in [-0.2, 0) is 6.54 Å². The predicted molar refractivity (Wildman–Crippen MR) is 113 cm³/mol.